The number of halogens is 9. The Hall–Kier alpha value is -0.320. The molecule has 0 bridgehead atoms. The van der Waals surface area contributed by atoms with E-state index in [1.807, 2.05) is 0 Å². The maximum absolute atomic E-state index is 12.7. The molecule has 1 unspecified atom stereocenters. The van der Waals surface area contributed by atoms with Crippen LogP contribution in [0.2, 0.25) is 0 Å². The van der Waals surface area contributed by atoms with Crippen LogP contribution in [-0.4, -0.2) is 40.5 Å². The first-order chi connectivity index (χ1) is 7.67. The van der Waals surface area contributed by atoms with Gasteiger partial charge in [-0.2, -0.15) is 39.5 Å². The van der Waals surface area contributed by atoms with Crippen LogP contribution in [0.3, 0.4) is 0 Å². The summed E-state index contributed by atoms with van der Waals surface area (Å²) >= 11 is -2.03. The molecule has 0 aromatic rings. The zero-order valence-electron chi connectivity index (χ0n) is 8.63. The third kappa shape index (κ3) is 3.16. The molecule has 18 heavy (non-hydrogen) atoms. The minimum absolute atomic E-state index is 0.816. The summed E-state index contributed by atoms with van der Waals surface area (Å²) in [5.74, 6) is -20.2. The van der Waals surface area contributed by atoms with Gasteiger partial charge in [-0.05, 0) is 0 Å². The van der Waals surface area contributed by atoms with Crippen LogP contribution in [-0.2, 0) is 11.2 Å². The molecule has 11 heteroatoms. The lowest BCUT2D eigenvalue weighted by Gasteiger charge is -2.33. The highest BCUT2D eigenvalue weighted by atomic mass is 32.2. The summed E-state index contributed by atoms with van der Waals surface area (Å²) in [7, 11) is 0. The van der Waals surface area contributed by atoms with Gasteiger partial charge in [0.1, 0.15) is 5.75 Å². The van der Waals surface area contributed by atoms with E-state index in [0.29, 0.717) is 0 Å². The van der Waals surface area contributed by atoms with E-state index in [2.05, 4.69) is 0 Å². The molecule has 0 saturated carbocycles. The minimum atomic E-state index is -6.88. The number of alkyl halides is 9. The highest BCUT2D eigenvalue weighted by Gasteiger charge is 2.81. The van der Waals surface area contributed by atoms with Crippen molar-refractivity contribution in [1.82, 2.24) is 0 Å². The first-order valence-electron chi connectivity index (χ1n) is 4.17. The molecule has 0 rings (SSSR count). The molecular formula is C7H7F9OS. The molecule has 0 aromatic carbocycles. The SMILES string of the molecule is C[S+]([O-])CCC(F)(F)C(F)(F)C(F)(F)C(F)(F)F. The lowest BCUT2D eigenvalue weighted by molar-refractivity contribution is -0.396. The Morgan fingerprint density at radius 1 is 0.833 bits per heavy atom. The molecule has 0 fully saturated rings. The van der Waals surface area contributed by atoms with E-state index in [1.54, 1.807) is 0 Å². The highest BCUT2D eigenvalue weighted by molar-refractivity contribution is 7.90. The summed E-state index contributed by atoms with van der Waals surface area (Å²) in [6.45, 7) is 0. The first kappa shape index (κ1) is 17.7. The van der Waals surface area contributed by atoms with E-state index in [-0.39, 0.29) is 0 Å². The summed E-state index contributed by atoms with van der Waals surface area (Å²) in [6.07, 6.45) is -8.05. The molecule has 1 atom stereocenters. The molecule has 0 spiro atoms. The van der Waals surface area contributed by atoms with Gasteiger partial charge in [-0.25, -0.2) is 0 Å². The molecule has 0 heterocycles. The van der Waals surface area contributed by atoms with Gasteiger partial charge in [0, 0.05) is 0 Å². The quantitative estimate of drug-likeness (QED) is 0.565. The minimum Gasteiger partial charge on any atom is -0.617 e. The molecule has 0 amide bonds. The van der Waals surface area contributed by atoms with E-state index in [4.69, 9.17) is 0 Å². The van der Waals surface area contributed by atoms with Crippen LogP contribution in [0.4, 0.5) is 39.5 Å². The van der Waals surface area contributed by atoms with Crippen LogP contribution in [0.25, 0.3) is 0 Å². The van der Waals surface area contributed by atoms with Crippen molar-refractivity contribution < 1.29 is 44.1 Å². The smallest absolute Gasteiger partial charge is 0.460 e. The topological polar surface area (TPSA) is 23.1 Å². The van der Waals surface area contributed by atoms with E-state index >= 15 is 0 Å². The lowest BCUT2D eigenvalue weighted by Crippen LogP contribution is -2.61. The van der Waals surface area contributed by atoms with E-state index < -0.39 is 47.3 Å². The van der Waals surface area contributed by atoms with Crippen LogP contribution < -0.4 is 0 Å². The Morgan fingerprint density at radius 2 is 1.22 bits per heavy atom. The van der Waals surface area contributed by atoms with Gasteiger partial charge in [0.05, 0.1) is 12.7 Å². The van der Waals surface area contributed by atoms with E-state index in [0.717, 1.165) is 6.26 Å². The van der Waals surface area contributed by atoms with E-state index in [9.17, 15) is 44.1 Å². The molecule has 0 aromatic heterocycles. The fourth-order valence-electron chi connectivity index (χ4n) is 0.837. The first-order valence-corrected chi connectivity index (χ1v) is 5.90. The average Bonchev–Trinajstić information content (AvgIpc) is 2.12. The van der Waals surface area contributed by atoms with Crippen LogP contribution in [0.5, 0.6) is 0 Å². The molecule has 0 N–H and O–H groups in total. The van der Waals surface area contributed by atoms with Gasteiger partial charge in [0.25, 0.3) is 0 Å². The van der Waals surface area contributed by atoms with Crippen LogP contribution >= 0.6 is 0 Å². The van der Waals surface area contributed by atoms with Crippen molar-refractivity contribution in [2.24, 2.45) is 0 Å². The Balaban J connectivity index is 5.23. The fourth-order valence-corrected chi connectivity index (χ4v) is 1.38. The normalized spacial score (nSPS) is 16.8. The van der Waals surface area contributed by atoms with Gasteiger partial charge < -0.3 is 4.55 Å². The largest absolute Gasteiger partial charge is 0.617 e. The Morgan fingerprint density at radius 3 is 1.50 bits per heavy atom. The van der Waals surface area contributed by atoms with Crippen LogP contribution in [0.15, 0.2) is 0 Å². The second kappa shape index (κ2) is 4.99. The molecule has 0 aliphatic carbocycles. The molecule has 0 radical (unpaired) electrons. The summed E-state index contributed by atoms with van der Waals surface area (Å²) < 4.78 is 121. The van der Waals surface area contributed by atoms with Crippen molar-refractivity contribution in [3.63, 3.8) is 0 Å². The highest BCUT2D eigenvalue weighted by Crippen LogP contribution is 2.53. The maximum Gasteiger partial charge on any atom is 0.460 e. The molecule has 0 aliphatic rings. The van der Waals surface area contributed by atoms with Crippen molar-refractivity contribution in [2.45, 2.75) is 30.4 Å². The van der Waals surface area contributed by atoms with Gasteiger partial charge in [0.15, 0.2) is 0 Å². The third-order valence-electron chi connectivity index (χ3n) is 1.91. The van der Waals surface area contributed by atoms with Crippen LogP contribution in [0.1, 0.15) is 6.42 Å². The average molecular weight is 310 g/mol. The van der Waals surface area contributed by atoms with Crippen molar-refractivity contribution in [3.8, 4) is 0 Å². The van der Waals surface area contributed by atoms with Gasteiger partial charge in [-0.15, -0.1) is 0 Å². The van der Waals surface area contributed by atoms with E-state index in [1.165, 1.54) is 0 Å². The van der Waals surface area contributed by atoms with Gasteiger partial charge in [-0.3, -0.25) is 0 Å². The van der Waals surface area contributed by atoms with Crippen molar-refractivity contribution in [2.75, 3.05) is 12.0 Å². The summed E-state index contributed by atoms with van der Waals surface area (Å²) in [5, 5.41) is 0. The summed E-state index contributed by atoms with van der Waals surface area (Å²) in [4.78, 5) is 0. The number of hydrogen-bond donors (Lipinski definition) is 0. The second-order valence-electron chi connectivity index (χ2n) is 3.38. The predicted molar refractivity (Wildman–Crippen MR) is 44.4 cm³/mol. The fraction of sp³-hybridized carbons (Fsp3) is 1.00. The Kier molecular flexibility index (Phi) is 4.90. The third-order valence-corrected chi connectivity index (χ3v) is 2.69. The number of hydrogen-bond acceptors (Lipinski definition) is 1. The molecule has 0 saturated heterocycles. The zero-order chi connectivity index (χ0) is 15.0. The summed E-state index contributed by atoms with van der Waals surface area (Å²) in [6, 6.07) is 0. The van der Waals surface area contributed by atoms with Crippen molar-refractivity contribution in [3.05, 3.63) is 0 Å². The zero-order valence-corrected chi connectivity index (χ0v) is 9.45. The van der Waals surface area contributed by atoms with Gasteiger partial charge in [-0.1, -0.05) is 11.2 Å². The Labute approximate surface area is 98.5 Å². The second-order valence-corrected chi connectivity index (χ2v) is 4.93. The Bertz CT molecular complexity index is 285. The standard InChI is InChI=1S/C7H7F9OS/c1-18(17)3-2-4(8,9)5(10,11)6(12,13)7(14,15)16/h2-3H2,1H3. The number of rotatable bonds is 5. The van der Waals surface area contributed by atoms with Gasteiger partial charge >= 0.3 is 23.9 Å². The molecular weight excluding hydrogens is 303 g/mol. The van der Waals surface area contributed by atoms with Crippen molar-refractivity contribution in [1.29, 1.82) is 0 Å². The summed E-state index contributed by atoms with van der Waals surface area (Å²) in [5.41, 5.74) is 0. The molecule has 1 nitrogen and oxygen atoms in total. The van der Waals surface area contributed by atoms with Crippen molar-refractivity contribution >= 4 is 11.2 Å². The molecule has 0 aliphatic heterocycles. The monoisotopic (exact) mass is 310 g/mol. The lowest BCUT2D eigenvalue weighted by atomic mass is 10.0. The maximum atomic E-state index is 12.7. The predicted octanol–water partition coefficient (Wildman–Crippen LogP) is 3.22. The molecule has 110 valence electrons. The van der Waals surface area contributed by atoms with Crippen LogP contribution in [0, 0.1) is 0 Å². The van der Waals surface area contributed by atoms with Gasteiger partial charge in [0.2, 0.25) is 0 Å².